The van der Waals surface area contributed by atoms with E-state index >= 15 is 0 Å². The van der Waals surface area contributed by atoms with Crippen LogP contribution in [0.5, 0.6) is 5.75 Å². The molecule has 60 heavy (non-hydrogen) atoms. The van der Waals surface area contributed by atoms with Gasteiger partial charge < -0.3 is 30.5 Å². The molecule has 0 aromatic heterocycles. The van der Waals surface area contributed by atoms with E-state index in [9.17, 15) is 58.4 Å². The summed E-state index contributed by atoms with van der Waals surface area (Å²) in [5.74, 6) is -2.28. The van der Waals surface area contributed by atoms with Crippen molar-refractivity contribution in [2.24, 2.45) is 20.5 Å². The van der Waals surface area contributed by atoms with Gasteiger partial charge in [-0.2, -0.15) is 14.6 Å². The summed E-state index contributed by atoms with van der Waals surface area (Å²) >= 11 is 0.284. The number of benzene rings is 4. The molecular weight excluding hydrogens is 971 g/mol. The summed E-state index contributed by atoms with van der Waals surface area (Å²) in [7, 11) is -18.7. The Morgan fingerprint density at radius 2 is 1.27 bits per heavy atom. The smallest absolute Gasteiger partial charge is 0.744 e. The first-order valence-electron chi connectivity index (χ1n) is 14.3. The van der Waals surface area contributed by atoms with Gasteiger partial charge in [-0.25, -0.2) is 33.7 Å². The molecule has 0 unspecified atom stereocenters. The number of hydrogen-bond acceptors (Lipinski definition) is 26. The minimum Gasteiger partial charge on any atom is -0.744 e. The molecule has 24 nitrogen and oxygen atoms in total. The number of nitrogens with two attached hydrogens (primary N) is 1. The van der Waals surface area contributed by atoms with Gasteiger partial charge in [0.15, 0.2) is 37.7 Å². The normalized spacial score (nSPS) is 12.1. The average Bonchev–Trinajstić information content (AvgIpc) is 3.12. The zero-order valence-electron chi connectivity index (χ0n) is 31.2. The predicted octanol–water partition coefficient (Wildman–Crippen LogP) is -10.1. The molecule has 0 aliphatic rings. The van der Waals surface area contributed by atoms with E-state index in [1.165, 1.54) is 18.2 Å². The van der Waals surface area contributed by atoms with Crippen LogP contribution < -0.4 is 134 Å². The van der Waals surface area contributed by atoms with E-state index in [0.717, 1.165) is 42.5 Å². The Hall–Kier alpha value is 0.0400. The molecule has 0 amide bonds. The average molecular weight is 992 g/mol. The maximum atomic E-state index is 12.7. The number of hydrogen-bond donors (Lipinski definition) is 2. The zero-order chi connectivity index (χ0) is 41.3. The molecule has 3 N–H and O–H groups in total. The molecule has 0 spiro atoms. The van der Waals surface area contributed by atoms with Gasteiger partial charge >= 0.3 is 118 Å². The van der Waals surface area contributed by atoms with Crippen LogP contribution in [0.15, 0.2) is 101 Å². The minimum absolute atomic E-state index is 0. The Morgan fingerprint density at radius 1 is 0.683 bits per heavy atom. The van der Waals surface area contributed by atoms with E-state index in [2.05, 4.69) is 43.4 Å². The Kier molecular flexibility index (Phi) is 26.9. The van der Waals surface area contributed by atoms with Crippen LogP contribution in [0.25, 0.3) is 10.8 Å². The summed E-state index contributed by atoms with van der Waals surface area (Å²) in [6.45, 7) is -1.37. The van der Waals surface area contributed by atoms with Crippen LogP contribution in [0, 0.1) is 0 Å². The van der Waals surface area contributed by atoms with Gasteiger partial charge in [-0.05, 0) is 60.0 Å². The van der Waals surface area contributed by atoms with Gasteiger partial charge in [0.05, 0.1) is 78.8 Å². The van der Waals surface area contributed by atoms with Crippen molar-refractivity contribution in [3.05, 3.63) is 60.7 Å². The van der Waals surface area contributed by atoms with Crippen LogP contribution in [-0.4, -0.2) is 72.6 Å². The number of aromatic hydroxyl groups is 1. The summed E-state index contributed by atoms with van der Waals surface area (Å²) in [5, 5.41) is 53.1. The van der Waals surface area contributed by atoms with E-state index in [1.54, 1.807) is 0 Å². The largest absolute Gasteiger partial charge is 1.00 e. The number of fused-ring (bicyclic) bond motifs is 1. The summed E-state index contributed by atoms with van der Waals surface area (Å²) in [6.07, 6.45) is 0. The van der Waals surface area contributed by atoms with Crippen LogP contribution in [0.1, 0.15) is 0 Å². The van der Waals surface area contributed by atoms with Gasteiger partial charge in [-0.3, -0.25) is 18.4 Å². The molecule has 304 valence electrons. The fourth-order valence-corrected chi connectivity index (χ4v) is 8.46. The monoisotopic (exact) mass is 991 g/mol. The van der Waals surface area contributed by atoms with Gasteiger partial charge in [0.25, 0.3) is 0 Å². The van der Waals surface area contributed by atoms with E-state index < -0.39 is 92.6 Å². The zero-order valence-corrected chi connectivity index (χ0v) is 44.1. The number of azo groups is 2. The van der Waals surface area contributed by atoms with Gasteiger partial charge in [-0.15, -0.1) is 14.6 Å². The number of nitrogens with zero attached hydrogens (tertiary/aromatic N) is 4. The molecule has 0 radical (unpaired) electrons. The molecular formula is C26H21N5Na4O19S6. The van der Waals surface area contributed by atoms with Gasteiger partial charge in [0.1, 0.15) is 21.5 Å². The van der Waals surface area contributed by atoms with Crippen molar-refractivity contribution in [2.75, 3.05) is 30.5 Å². The van der Waals surface area contributed by atoms with E-state index in [1.807, 2.05) is 0 Å². The summed E-state index contributed by atoms with van der Waals surface area (Å²) in [5.41, 5.74) is 4.14. The molecule has 0 saturated carbocycles. The Balaban J connectivity index is 0.00000870. The minimum atomic E-state index is -5.38. The van der Waals surface area contributed by atoms with E-state index in [0.29, 0.717) is 0 Å². The van der Waals surface area contributed by atoms with Crippen LogP contribution in [0.4, 0.5) is 28.4 Å². The maximum Gasteiger partial charge on any atom is 1.00 e. The standard InChI is InChI=1S/C26H25N5O19S6.4Na/c27-23-22-15(13-21(55(39,40)41)25(23)31-28-16-4-6-18(7-5-16)53(35,36)11-9-46-56(42,43)44)12-20(51-49-47-33)24(26(22)32)30-29-17-2-1-3-19(14-17)54(37,38)10-8-45-52-50-48-34;;;;/h1-7,12-14,32-34H,8-11,27H2,(H,39,40,41)(H,42,43,44);;;;/q;4*+1/p-4. The quantitative estimate of drug-likeness (QED) is 0.00955. The van der Waals surface area contributed by atoms with Crippen molar-refractivity contribution < 1.29 is 204 Å². The summed E-state index contributed by atoms with van der Waals surface area (Å²) in [6, 6.07) is 11.0. The molecule has 4 aromatic rings. The second-order valence-electron chi connectivity index (χ2n) is 10.3. The number of anilines is 1. The fourth-order valence-electron chi connectivity index (χ4n) is 4.38. The molecule has 0 atom stereocenters. The topological polar surface area (TPSA) is 380 Å². The van der Waals surface area contributed by atoms with Crippen molar-refractivity contribution in [1.82, 2.24) is 0 Å². The first-order valence-corrected chi connectivity index (χ1v) is 21.8. The van der Waals surface area contributed by atoms with E-state index in [4.69, 9.17) is 9.92 Å². The fraction of sp³-hybridized carbons (Fsp3) is 0.154. The number of sulfone groups is 2. The number of nitrogen functional groups attached to an aromatic ring is 1. The summed E-state index contributed by atoms with van der Waals surface area (Å²) in [4.78, 5) is -1.87. The predicted molar refractivity (Wildman–Crippen MR) is 183 cm³/mol. The molecule has 0 bridgehead atoms. The van der Waals surface area contributed by atoms with Crippen LogP contribution >= 0.6 is 24.4 Å². The van der Waals surface area contributed by atoms with Crippen LogP contribution in [-0.2, 0) is 67.3 Å². The van der Waals surface area contributed by atoms with Crippen molar-refractivity contribution >= 4 is 104 Å². The Bertz CT molecular complexity index is 2590. The second kappa shape index (κ2) is 26.9. The van der Waals surface area contributed by atoms with Crippen molar-refractivity contribution in [1.29, 1.82) is 0 Å². The van der Waals surface area contributed by atoms with Crippen LogP contribution in [0.2, 0.25) is 0 Å². The molecule has 0 fully saturated rings. The van der Waals surface area contributed by atoms with Crippen molar-refractivity contribution in [3.8, 4) is 5.75 Å². The molecule has 0 aliphatic carbocycles. The number of rotatable bonds is 20. The number of phenolic OH excluding ortho intramolecular Hbond substituents is 1. The third-order valence-electron chi connectivity index (χ3n) is 6.76. The Morgan fingerprint density at radius 3 is 1.87 bits per heavy atom. The van der Waals surface area contributed by atoms with Crippen LogP contribution in [0.3, 0.4) is 0 Å². The molecule has 4 aromatic carbocycles. The van der Waals surface area contributed by atoms with Crippen molar-refractivity contribution in [2.45, 2.75) is 19.6 Å². The van der Waals surface area contributed by atoms with Crippen molar-refractivity contribution in [3.63, 3.8) is 0 Å². The SMILES string of the molecule is Nc1c(N=Nc2ccc(S(=O)(=O)CCOS(=O)(=O)[O-])cc2)c(S(=O)(=O)[O-])cc2cc(SOO[O-])c(N=Nc3cccc(S(=O)(=O)CCOSOO[O-])c3)c(O)c12.[Na+].[Na+].[Na+].[Na+]. The second-order valence-corrected chi connectivity index (χ2v) is 18.1. The molecule has 0 aliphatic heterocycles. The number of phenols is 1. The first kappa shape index (κ1) is 60.0. The molecule has 4 rings (SSSR count). The molecule has 0 heterocycles. The molecule has 0 saturated heterocycles. The molecule has 34 heteroatoms. The van der Waals surface area contributed by atoms with Gasteiger partial charge in [0, 0.05) is 0 Å². The maximum absolute atomic E-state index is 12.7. The van der Waals surface area contributed by atoms with E-state index in [-0.39, 0.29) is 179 Å². The first-order chi connectivity index (χ1) is 26.3. The third-order valence-corrected chi connectivity index (χ3v) is 12.4. The third kappa shape index (κ3) is 17.4. The Labute approximate surface area is 438 Å². The summed E-state index contributed by atoms with van der Waals surface area (Å²) < 4.78 is 136. The van der Waals surface area contributed by atoms with Gasteiger partial charge in [-0.1, -0.05) is 6.07 Å². The van der Waals surface area contributed by atoms with Gasteiger partial charge in [0.2, 0.25) is 10.4 Å².